The van der Waals surface area contributed by atoms with Crippen LogP contribution < -0.4 is 5.73 Å². The molecule has 0 saturated heterocycles. The third-order valence-electron chi connectivity index (χ3n) is 3.61. The number of fused-ring (bicyclic) bond motifs is 1. The first-order chi connectivity index (χ1) is 9.78. The first kappa shape index (κ1) is 12.9. The van der Waals surface area contributed by atoms with Gasteiger partial charge in [0.05, 0.1) is 6.04 Å². The Balaban J connectivity index is 1.99. The maximum absolute atomic E-state index is 6.12. The summed E-state index contributed by atoms with van der Waals surface area (Å²) in [4.78, 5) is 0. The van der Waals surface area contributed by atoms with Crippen LogP contribution in [-0.2, 0) is 0 Å². The summed E-state index contributed by atoms with van der Waals surface area (Å²) < 4.78 is 5.85. The molecule has 0 amide bonds. The zero-order valence-electron chi connectivity index (χ0n) is 11.7. The number of benzene rings is 2. The average molecular weight is 265 g/mol. The number of hydrogen-bond acceptors (Lipinski definition) is 2. The molecule has 3 aromatic rings. The maximum Gasteiger partial charge on any atom is 0.134 e. The van der Waals surface area contributed by atoms with Gasteiger partial charge in [0.25, 0.3) is 0 Å². The first-order valence-electron chi connectivity index (χ1n) is 7.12. The molecule has 102 valence electrons. The number of nitrogens with two attached hydrogens (primary N) is 1. The van der Waals surface area contributed by atoms with Crippen molar-refractivity contribution in [2.24, 2.45) is 5.73 Å². The molecule has 0 saturated carbocycles. The third kappa shape index (κ3) is 2.47. The molecule has 2 nitrogen and oxygen atoms in total. The zero-order valence-corrected chi connectivity index (χ0v) is 11.7. The van der Waals surface area contributed by atoms with Gasteiger partial charge < -0.3 is 10.2 Å². The van der Waals surface area contributed by atoms with Crippen molar-refractivity contribution in [2.45, 2.75) is 25.8 Å². The van der Waals surface area contributed by atoms with E-state index in [1.807, 2.05) is 12.1 Å². The molecule has 0 bridgehead atoms. The first-order valence-corrected chi connectivity index (χ1v) is 7.12. The molecular formula is C18H19NO. The van der Waals surface area contributed by atoms with Gasteiger partial charge in [-0.1, -0.05) is 49.7 Å². The molecule has 2 aromatic carbocycles. The fourth-order valence-corrected chi connectivity index (χ4v) is 2.51. The highest BCUT2D eigenvalue weighted by Gasteiger charge is 2.11. The van der Waals surface area contributed by atoms with Crippen molar-refractivity contribution in [1.29, 1.82) is 0 Å². The van der Waals surface area contributed by atoms with E-state index in [2.05, 4.69) is 49.4 Å². The van der Waals surface area contributed by atoms with E-state index in [1.54, 1.807) is 0 Å². The number of furan rings is 1. The van der Waals surface area contributed by atoms with Crippen LogP contribution in [0, 0.1) is 0 Å². The van der Waals surface area contributed by atoms with E-state index >= 15 is 0 Å². The highest BCUT2D eigenvalue weighted by atomic mass is 16.3. The lowest BCUT2D eigenvalue weighted by Gasteiger charge is -2.04. The van der Waals surface area contributed by atoms with Crippen molar-refractivity contribution < 1.29 is 4.42 Å². The van der Waals surface area contributed by atoms with Gasteiger partial charge in [-0.2, -0.15) is 0 Å². The van der Waals surface area contributed by atoms with Crippen LogP contribution in [0.1, 0.15) is 31.6 Å². The molecule has 1 unspecified atom stereocenters. The minimum atomic E-state index is -0.00687. The highest BCUT2D eigenvalue weighted by Crippen LogP contribution is 2.29. The molecule has 2 heteroatoms. The van der Waals surface area contributed by atoms with E-state index in [0.717, 1.165) is 29.6 Å². The molecule has 20 heavy (non-hydrogen) atoms. The summed E-state index contributed by atoms with van der Waals surface area (Å²) in [6, 6.07) is 18.7. The van der Waals surface area contributed by atoms with Gasteiger partial charge in [0.2, 0.25) is 0 Å². The van der Waals surface area contributed by atoms with E-state index in [1.165, 1.54) is 11.1 Å². The van der Waals surface area contributed by atoms with E-state index in [-0.39, 0.29) is 6.04 Å². The van der Waals surface area contributed by atoms with Gasteiger partial charge in [-0.3, -0.25) is 0 Å². The molecule has 0 aliphatic rings. The Labute approximate surface area is 119 Å². The van der Waals surface area contributed by atoms with E-state index in [9.17, 15) is 0 Å². The van der Waals surface area contributed by atoms with Gasteiger partial charge in [0.1, 0.15) is 11.3 Å². The predicted molar refractivity (Wildman–Crippen MR) is 83.5 cm³/mol. The Morgan fingerprint density at radius 2 is 1.80 bits per heavy atom. The lowest BCUT2D eigenvalue weighted by molar-refractivity contribution is 0.475. The van der Waals surface area contributed by atoms with Crippen LogP contribution in [0.25, 0.3) is 22.1 Å². The quantitative estimate of drug-likeness (QED) is 0.728. The second-order valence-corrected chi connectivity index (χ2v) is 5.16. The molecule has 1 aromatic heterocycles. The summed E-state index contributed by atoms with van der Waals surface area (Å²) in [5, 5.41) is 1.12. The Bertz CT molecular complexity index is 700. The van der Waals surface area contributed by atoms with Crippen LogP contribution in [0.4, 0.5) is 0 Å². The van der Waals surface area contributed by atoms with Crippen molar-refractivity contribution in [3.63, 3.8) is 0 Å². The predicted octanol–water partition coefficient (Wildman–Crippen LogP) is 4.90. The summed E-state index contributed by atoms with van der Waals surface area (Å²) in [6.07, 6.45) is 2.01. The van der Waals surface area contributed by atoms with Crippen LogP contribution in [-0.4, -0.2) is 0 Å². The molecule has 2 N–H and O–H groups in total. The summed E-state index contributed by atoms with van der Waals surface area (Å²) in [5.74, 6) is 0.882. The minimum Gasteiger partial charge on any atom is -0.459 e. The fraction of sp³-hybridized carbons (Fsp3) is 0.222. The van der Waals surface area contributed by atoms with E-state index < -0.39 is 0 Å². The lowest BCUT2D eigenvalue weighted by atomic mass is 10.0. The van der Waals surface area contributed by atoms with E-state index in [0.29, 0.717) is 0 Å². The monoisotopic (exact) mass is 265 g/mol. The number of hydrogen-bond donors (Lipinski definition) is 1. The normalized spacial score (nSPS) is 12.7. The third-order valence-corrected chi connectivity index (χ3v) is 3.61. The SMILES string of the molecule is CCCC(N)c1cc2cc(-c3ccccc3)ccc2o1. The Kier molecular flexibility index (Phi) is 3.57. The molecule has 0 aliphatic carbocycles. The maximum atomic E-state index is 6.12. The van der Waals surface area contributed by atoms with Crippen molar-refractivity contribution in [3.05, 3.63) is 60.4 Å². The molecule has 1 atom stereocenters. The molecular weight excluding hydrogens is 246 g/mol. The molecule has 0 spiro atoms. The topological polar surface area (TPSA) is 39.2 Å². The summed E-state index contributed by atoms with van der Waals surface area (Å²) in [5.41, 5.74) is 9.45. The van der Waals surface area contributed by atoms with E-state index in [4.69, 9.17) is 10.2 Å². The standard InChI is InChI=1S/C18H19NO/c1-2-6-16(19)18-12-15-11-14(9-10-17(15)20-18)13-7-4-3-5-8-13/h3-5,7-12,16H,2,6,19H2,1H3. The van der Waals surface area contributed by atoms with Crippen molar-refractivity contribution in [3.8, 4) is 11.1 Å². The van der Waals surface area contributed by atoms with Crippen LogP contribution in [0.2, 0.25) is 0 Å². The largest absolute Gasteiger partial charge is 0.459 e. The second-order valence-electron chi connectivity index (χ2n) is 5.16. The molecule has 0 fully saturated rings. The molecule has 1 heterocycles. The van der Waals surface area contributed by atoms with Crippen molar-refractivity contribution >= 4 is 11.0 Å². The van der Waals surface area contributed by atoms with Gasteiger partial charge >= 0.3 is 0 Å². The second kappa shape index (κ2) is 5.51. The summed E-state index contributed by atoms with van der Waals surface area (Å²) in [6.45, 7) is 2.13. The fourth-order valence-electron chi connectivity index (χ4n) is 2.51. The zero-order chi connectivity index (χ0) is 13.9. The Morgan fingerprint density at radius 3 is 2.55 bits per heavy atom. The molecule has 0 radical (unpaired) electrons. The average Bonchev–Trinajstić information content (AvgIpc) is 2.91. The van der Waals surface area contributed by atoms with Crippen molar-refractivity contribution in [1.82, 2.24) is 0 Å². The van der Waals surface area contributed by atoms with Gasteiger partial charge in [-0.05, 0) is 35.7 Å². The van der Waals surface area contributed by atoms with Crippen LogP contribution >= 0.6 is 0 Å². The van der Waals surface area contributed by atoms with Crippen LogP contribution in [0.5, 0.6) is 0 Å². The summed E-state index contributed by atoms with van der Waals surface area (Å²) in [7, 11) is 0. The van der Waals surface area contributed by atoms with Crippen LogP contribution in [0.15, 0.2) is 59.0 Å². The Hall–Kier alpha value is -2.06. The van der Waals surface area contributed by atoms with Gasteiger partial charge in [0, 0.05) is 5.39 Å². The lowest BCUT2D eigenvalue weighted by Crippen LogP contribution is -2.08. The number of rotatable bonds is 4. The summed E-state index contributed by atoms with van der Waals surface area (Å²) >= 11 is 0. The molecule has 3 rings (SSSR count). The highest BCUT2D eigenvalue weighted by molar-refractivity contribution is 5.84. The van der Waals surface area contributed by atoms with Gasteiger partial charge in [0.15, 0.2) is 0 Å². The van der Waals surface area contributed by atoms with Crippen molar-refractivity contribution in [2.75, 3.05) is 0 Å². The molecule has 0 aliphatic heterocycles. The Morgan fingerprint density at radius 1 is 1.00 bits per heavy atom. The smallest absolute Gasteiger partial charge is 0.134 e. The van der Waals surface area contributed by atoms with Gasteiger partial charge in [-0.15, -0.1) is 0 Å². The van der Waals surface area contributed by atoms with Gasteiger partial charge in [-0.25, -0.2) is 0 Å². The van der Waals surface area contributed by atoms with Crippen LogP contribution in [0.3, 0.4) is 0 Å². The minimum absolute atomic E-state index is 0.00687.